The van der Waals surface area contributed by atoms with Crippen LogP contribution in [0.15, 0.2) is 30.3 Å². The molecular weight excluding hydrogens is 274 g/mol. The number of halogens is 1. The highest BCUT2D eigenvalue weighted by molar-refractivity contribution is 6.19. The topological polar surface area (TPSA) is 28.5 Å². The van der Waals surface area contributed by atoms with Crippen molar-refractivity contribution in [3.8, 4) is 0 Å². The number of likely N-dealkylation sites (N-methyl/N-ethyl adjacent to an activating group) is 1. The van der Waals surface area contributed by atoms with E-state index in [1.807, 2.05) is 43.3 Å². The minimum Gasteiger partial charge on any atom is -0.335 e. The molecule has 106 valence electrons. The second kappa shape index (κ2) is 5.11. The first kappa shape index (κ1) is 13.5. The Morgan fingerprint density at radius 1 is 1.35 bits per heavy atom. The third-order valence-corrected chi connectivity index (χ3v) is 4.58. The summed E-state index contributed by atoms with van der Waals surface area (Å²) >= 11 is 6.45. The number of nitrogens with zero attached hydrogens (tertiary/aromatic N) is 3. The van der Waals surface area contributed by atoms with Gasteiger partial charge in [0.05, 0.1) is 17.3 Å². The van der Waals surface area contributed by atoms with Gasteiger partial charge in [0.1, 0.15) is 0 Å². The molecule has 0 spiro atoms. The van der Waals surface area contributed by atoms with E-state index in [4.69, 9.17) is 11.8 Å². The van der Waals surface area contributed by atoms with Crippen LogP contribution in [0.2, 0.25) is 0 Å². The van der Waals surface area contributed by atoms with Crippen molar-refractivity contribution in [2.75, 3.05) is 20.6 Å². The van der Waals surface area contributed by atoms with Gasteiger partial charge in [-0.3, -0.25) is 8.88 Å². The van der Waals surface area contributed by atoms with E-state index in [0.29, 0.717) is 6.04 Å². The lowest BCUT2D eigenvalue weighted by Crippen LogP contribution is -2.31. The van der Waals surface area contributed by atoms with Crippen LogP contribution < -0.4 is 0 Å². The molecule has 3 rings (SSSR count). The average molecular weight is 292 g/mol. The van der Waals surface area contributed by atoms with Gasteiger partial charge in [-0.15, -0.1) is 0 Å². The molecule has 1 fully saturated rings. The van der Waals surface area contributed by atoms with Gasteiger partial charge in [0.15, 0.2) is 0 Å². The van der Waals surface area contributed by atoms with Crippen molar-refractivity contribution in [3.05, 3.63) is 36.0 Å². The third-order valence-electron chi connectivity index (χ3n) is 4.20. The molecule has 4 nitrogen and oxygen atoms in total. The van der Waals surface area contributed by atoms with Crippen molar-refractivity contribution in [2.24, 2.45) is 0 Å². The smallest absolute Gasteiger partial charge is 0.210 e. The summed E-state index contributed by atoms with van der Waals surface area (Å²) in [5.74, 6) is 0. The van der Waals surface area contributed by atoms with Crippen LogP contribution in [0.1, 0.15) is 18.2 Å². The number of likely N-dealkylation sites (tertiary alicyclic amines) is 1. The molecule has 2 aromatic rings. The van der Waals surface area contributed by atoms with Crippen LogP contribution in [0.25, 0.3) is 10.9 Å². The van der Waals surface area contributed by atoms with Gasteiger partial charge in [-0.2, -0.15) is 0 Å². The molecule has 2 unspecified atom stereocenters. The van der Waals surface area contributed by atoms with E-state index in [1.165, 1.54) is 0 Å². The van der Waals surface area contributed by atoms with Crippen LogP contribution >= 0.6 is 11.8 Å². The Balaban J connectivity index is 2.01. The number of rotatable bonds is 3. The largest absolute Gasteiger partial charge is 0.335 e. The second-order valence-electron chi connectivity index (χ2n) is 5.58. The summed E-state index contributed by atoms with van der Waals surface area (Å²) in [6.45, 7) is 0.750. The summed E-state index contributed by atoms with van der Waals surface area (Å²) < 4.78 is 1.69. The molecule has 1 aromatic heterocycles. The molecule has 2 atom stereocenters. The average Bonchev–Trinajstić information content (AvgIpc) is 3.01. The van der Waals surface area contributed by atoms with Crippen molar-refractivity contribution in [1.29, 1.82) is 0 Å². The lowest BCUT2D eigenvalue weighted by atomic mass is 10.1. The predicted octanol–water partition coefficient (Wildman–Crippen LogP) is 2.48. The molecule has 1 aromatic carbocycles. The zero-order valence-corrected chi connectivity index (χ0v) is 12.4. The first-order valence-corrected chi connectivity index (χ1v) is 7.09. The molecule has 1 aliphatic heterocycles. The number of aromatic nitrogens is 1. The SMILES string of the molecule is CN(C)C1CC(c2cc3ccccc3n2Cl)N(C=O)C1. The van der Waals surface area contributed by atoms with Crippen LogP contribution in [-0.4, -0.2) is 47.0 Å². The Hall–Kier alpha value is -1.52. The number of fused-ring (bicyclic) bond motifs is 1. The monoisotopic (exact) mass is 291 g/mol. The quantitative estimate of drug-likeness (QED) is 0.813. The van der Waals surface area contributed by atoms with E-state index in [9.17, 15) is 4.79 Å². The molecule has 2 heterocycles. The lowest BCUT2D eigenvalue weighted by molar-refractivity contribution is -0.119. The van der Waals surface area contributed by atoms with Crippen molar-refractivity contribution in [2.45, 2.75) is 18.5 Å². The zero-order chi connectivity index (χ0) is 14.3. The molecule has 0 N–H and O–H groups in total. The van der Waals surface area contributed by atoms with E-state index in [0.717, 1.165) is 36.0 Å². The minimum atomic E-state index is 0.0461. The van der Waals surface area contributed by atoms with Gasteiger partial charge in [0.25, 0.3) is 0 Å². The van der Waals surface area contributed by atoms with Gasteiger partial charge < -0.3 is 9.80 Å². The van der Waals surface area contributed by atoms with Crippen molar-refractivity contribution >= 4 is 29.1 Å². The fourth-order valence-corrected chi connectivity index (χ4v) is 3.31. The molecule has 1 saturated heterocycles. The summed E-state index contributed by atoms with van der Waals surface area (Å²) in [6, 6.07) is 10.5. The van der Waals surface area contributed by atoms with Gasteiger partial charge in [-0.05, 0) is 32.6 Å². The Bertz CT molecular complexity index is 637. The van der Waals surface area contributed by atoms with Crippen LogP contribution in [0.5, 0.6) is 0 Å². The Morgan fingerprint density at radius 3 is 2.75 bits per heavy atom. The maximum atomic E-state index is 11.3. The van der Waals surface area contributed by atoms with E-state index < -0.39 is 0 Å². The van der Waals surface area contributed by atoms with Gasteiger partial charge in [-0.25, -0.2) is 0 Å². The van der Waals surface area contributed by atoms with Crippen molar-refractivity contribution < 1.29 is 4.79 Å². The van der Waals surface area contributed by atoms with Gasteiger partial charge >= 0.3 is 0 Å². The van der Waals surface area contributed by atoms with Crippen LogP contribution in [0.4, 0.5) is 0 Å². The minimum absolute atomic E-state index is 0.0461. The lowest BCUT2D eigenvalue weighted by Gasteiger charge is -2.19. The number of amides is 1. The molecule has 1 aliphatic rings. The number of carbonyl (C=O) groups is 1. The van der Waals surface area contributed by atoms with Gasteiger partial charge in [0, 0.05) is 29.7 Å². The maximum Gasteiger partial charge on any atom is 0.210 e. The summed E-state index contributed by atoms with van der Waals surface area (Å²) in [7, 11) is 4.10. The van der Waals surface area contributed by atoms with Gasteiger partial charge in [0.2, 0.25) is 6.41 Å². The highest BCUT2D eigenvalue weighted by Crippen LogP contribution is 2.36. The zero-order valence-electron chi connectivity index (χ0n) is 11.7. The Kier molecular flexibility index (Phi) is 3.44. The summed E-state index contributed by atoms with van der Waals surface area (Å²) in [4.78, 5) is 15.3. The highest BCUT2D eigenvalue weighted by atomic mass is 35.5. The Morgan fingerprint density at radius 2 is 2.10 bits per heavy atom. The number of para-hydroxylation sites is 1. The van der Waals surface area contributed by atoms with Crippen LogP contribution in [0.3, 0.4) is 0 Å². The molecular formula is C15H18ClN3O. The predicted molar refractivity (Wildman–Crippen MR) is 80.8 cm³/mol. The number of hydrogen-bond donors (Lipinski definition) is 0. The van der Waals surface area contributed by atoms with E-state index in [-0.39, 0.29) is 6.04 Å². The van der Waals surface area contributed by atoms with E-state index >= 15 is 0 Å². The van der Waals surface area contributed by atoms with Gasteiger partial charge in [-0.1, -0.05) is 18.2 Å². The van der Waals surface area contributed by atoms with Crippen LogP contribution in [-0.2, 0) is 4.79 Å². The fourth-order valence-electron chi connectivity index (χ4n) is 2.99. The molecule has 0 bridgehead atoms. The van der Waals surface area contributed by atoms with Crippen LogP contribution in [0, 0.1) is 0 Å². The molecule has 0 saturated carbocycles. The first-order chi connectivity index (χ1) is 9.61. The molecule has 5 heteroatoms. The third kappa shape index (κ3) is 2.09. The molecule has 0 radical (unpaired) electrons. The van der Waals surface area contributed by atoms with Crippen molar-refractivity contribution in [1.82, 2.24) is 13.9 Å². The summed E-state index contributed by atoms with van der Waals surface area (Å²) in [5, 5.41) is 1.11. The summed E-state index contributed by atoms with van der Waals surface area (Å²) in [5.41, 5.74) is 1.98. The standard InChI is InChI=1S/C15H18ClN3O/c1-17(2)12-8-14(18(9-12)10-20)15-7-11-5-3-4-6-13(11)19(15)16/h3-7,10,12,14H,8-9H2,1-2H3. The normalized spacial score (nSPS) is 22.9. The second-order valence-corrected chi connectivity index (χ2v) is 5.92. The molecule has 0 aliphatic carbocycles. The Labute approximate surface area is 123 Å². The summed E-state index contributed by atoms with van der Waals surface area (Å²) in [6.07, 6.45) is 1.84. The molecule has 1 amide bonds. The highest BCUT2D eigenvalue weighted by Gasteiger charge is 2.35. The maximum absolute atomic E-state index is 11.3. The van der Waals surface area contributed by atoms with E-state index in [1.54, 1.807) is 4.09 Å². The van der Waals surface area contributed by atoms with E-state index in [2.05, 4.69) is 11.0 Å². The van der Waals surface area contributed by atoms with Crippen molar-refractivity contribution in [3.63, 3.8) is 0 Å². The number of carbonyl (C=O) groups excluding carboxylic acids is 1. The number of benzene rings is 1. The number of hydrogen-bond acceptors (Lipinski definition) is 2. The molecule has 20 heavy (non-hydrogen) atoms. The first-order valence-electron chi connectivity index (χ1n) is 6.76. The fraction of sp³-hybridized carbons (Fsp3) is 0.400.